The normalized spacial score (nSPS) is 26.0. The minimum atomic E-state index is -1.67. The van der Waals surface area contributed by atoms with Gasteiger partial charge in [-0.25, -0.2) is 4.39 Å². The Morgan fingerprint density at radius 2 is 1.93 bits per heavy atom. The van der Waals surface area contributed by atoms with E-state index in [4.69, 9.17) is 5.73 Å². The third-order valence-electron chi connectivity index (χ3n) is 2.28. The van der Waals surface area contributed by atoms with Crippen molar-refractivity contribution in [1.82, 2.24) is 0 Å². The molecule has 1 unspecified atom stereocenters. The number of rotatable bonds is 1. The molecule has 0 radical (unpaired) electrons. The molecule has 1 aromatic rings. The lowest BCUT2D eigenvalue weighted by atomic mass is 9.96. The molecule has 0 heterocycles. The molecule has 0 aromatic heterocycles. The van der Waals surface area contributed by atoms with Crippen LogP contribution in [0.5, 0.6) is 0 Å². The van der Waals surface area contributed by atoms with Crippen molar-refractivity contribution in [3.8, 4) is 0 Å². The van der Waals surface area contributed by atoms with Crippen LogP contribution < -0.4 is 5.73 Å². The van der Waals surface area contributed by atoms with E-state index < -0.39 is 5.79 Å². The van der Waals surface area contributed by atoms with E-state index in [1.54, 1.807) is 6.08 Å². The molecule has 1 aromatic carbocycles. The standard InChI is InChI=1S/C12H12FN/c13-12(14)8-6-11(7-9-12)10-4-2-1-3-5-10/h1-8H,9,14H2. The van der Waals surface area contributed by atoms with Gasteiger partial charge in [0.05, 0.1) is 0 Å². The molecule has 0 amide bonds. The van der Waals surface area contributed by atoms with Crippen molar-refractivity contribution in [2.75, 3.05) is 0 Å². The van der Waals surface area contributed by atoms with Crippen molar-refractivity contribution in [1.29, 1.82) is 0 Å². The number of halogens is 1. The van der Waals surface area contributed by atoms with E-state index in [1.165, 1.54) is 6.08 Å². The number of hydrogen-bond acceptors (Lipinski definition) is 1. The fourth-order valence-corrected chi connectivity index (χ4v) is 1.48. The highest BCUT2D eigenvalue weighted by molar-refractivity contribution is 5.75. The summed E-state index contributed by atoms with van der Waals surface area (Å²) in [6.45, 7) is 0. The Kier molecular flexibility index (Phi) is 2.22. The van der Waals surface area contributed by atoms with Crippen molar-refractivity contribution in [3.05, 3.63) is 54.1 Å². The van der Waals surface area contributed by atoms with Gasteiger partial charge in [0.2, 0.25) is 0 Å². The number of benzene rings is 1. The van der Waals surface area contributed by atoms with Gasteiger partial charge in [0.15, 0.2) is 5.79 Å². The highest BCUT2D eigenvalue weighted by Crippen LogP contribution is 2.25. The quantitative estimate of drug-likeness (QED) is 0.675. The van der Waals surface area contributed by atoms with Crippen LogP contribution in [0.2, 0.25) is 0 Å². The highest BCUT2D eigenvalue weighted by Gasteiger charge is 2.21. The minimum absolute atomic E-state index is 0.244. The lowest BCUT2D eigenvalue weighted by Gasteiger charge is -2.18. The molecule has 0 saturated carbocycles. The second-order valence-electron chi connectivity index (χ2n) is 3.49. The Hall–Kier alpha value is -1.41. The first-order valence-corrected chi connectivity index (χ1v) is 4.60. The van der Waals surface area contributed by atoms with Crippen LogP contribution in [0.25, 0.3) is 5.57 Å². The van der Waals surface area contributed by atoms with E-state index >= 15 is 0 Å². The third kappa shape index (κ3) is 1.91. The Morgan fingerprint density at radius 3 is 2.50 bits per heavy atom. The van der Waals surface area contributed by atoms with Crippen LogP contribution in [0.3, 0.4) is 0 Å². The maximum atomic E-state index is 13.2. The van der Waals surface area contributed by atoms with Crippen LogP contribution in [0.1, 0.15) is 12.0 Å². The van der Waals surface area contributed by atoms with Crippen LogP contribution in [0, 0.1) is 0 Å². The summed E-state index contributed by atoms with van der Waals surface area (Å²) in [6.07, 6.45) is 5.22. The lowest BCUT2D eigenvalue weighted by molar-refractivity contribution is 0.242. The van der Waals surface area contributed by atoms with Gasteiger partial charge in [-0.1, -0.05) is 42.5 Å². The molecular formula is C12H12FN. The molecule has 72 valence electrons. The van der Waals surface area contributed by atoms with Gasteiger partial charge in [0, 0.05) is 6.42 Å². The summed E-state index contributed by atoms with van der Waals surface area (Å²) < 4.78 is 13.2. The summed E-state index contributed by atoms with van der Waals surface area (Å²) in [5, 5.41) is 0. The van der Waals surface area contributed by atoms with Gasteiger partial charge < -0.3 is 0 Å². The Morgan fingerprint density at radius 1 is 1.21 bits per heavy atom. The summed E-state index contributed by atoms with van der Waals surface area (Å²) in [5.41, 5.74) is 7.45. The summed E-state index contributed by atoms with van der Waals surface area (Å²) in [7, 11) is 0. The summed E-state index contributed by atoms with van der Waals surface area (Å²) in [5.74, 6) is -1.67. The zero-order valence-electron chi connectivity index (χ0n) is 7.78. The molecule has 2 rings (SSSR count). The predicted molar refractivity (Wildman–Crippen MR) is 56.2 cm³/mol. The topological polar surface area (TPSA) is 26.0 Å². The van der Waals surface area contributed by atoms with E-state index in [1.807, 2.05) is 36.4 Å². The zero-order valence-corrected chi connectivity index (χ0v) is 7.78. The maximum absolute atomic E-state index is 13.2. The fraction of sp³-hybridized carbons (Fsp3) is 0.167. The molecule has 1 aliphatic carbocycles. The number of hydrogen-bond donors (Lipinski definition) is 1. The summed E-state index contributed by atoms with van der Waals surface area (Å²) in [4.78, 5) is 0. The van der Waals surface area contributed by atoms with Crippen LogP contribution in [-0.2, 0) is 0 Å². The van der Waals surface area contributed by atoms with Crippen molar-refractivity contribution in [2.45, 2.75) is 12.2 Å². The minimum Gasteiger partial charge on any atom is -0.296 e. The third-order valence-corrected chi connectivity index (χ3v) is 2.28. The van der Waals surface area contributed by atoms with Crippen molar-refractivity contribution in [2.24, 2.45) is 5.73 Å². The number of nitrogens with two attached hydrogens (primary N) is 1. The number of allylic oxidation sites excluding steroid dienone is 2. The first-order valence-electron chi connectivity index (χ1n) is 4.60. The van der Waals surface area contributed by atoms with Gasteiger partial charge in [-0.05, 0) is 17.2 Å². The smallest absolute Gasteiger partial charge is 0.181 e. The highest BCUT2D eigenvalue weighted by atomic mass is 19.1. The second kappa shape index (κ2) is 3.39. The van der Waals surface area contributed by atoms with Crippen molar-refractivity contribution >= 4 is 5.57 Å². The molecule has 1 atom stereocenters. The monoisotopic (exact) mass is 189 g/mol. The molecule has 2 N–H and O–H groups in total. The van der Waals surface area contributed by atoms with Gasteiger partial charge in [-0.15, -0.1) is 0 Å². The van der Waals surface area contributed by atoms with Crippen LogP contribution in [-0.4, -0.2) is 5.79 Å². The molecule has 0 saturated heterocycles. The molecule has 2 heteroatoms. The van der Waals surface area contributed by atoms with Crippen molar-refractivity contribution in [3.63, 3.8) is 0 Å². The first kappa shape index (κ1) is 9.16. The van der Waals surface area contributed by atoms with Crippen LogP contribution in [0.15, 0.2) is 48.6 Å². The van der Waals surface area contributed by atoms with E-state index in [9.17, 15) is 4.39 Å². The van der Waals surface area contributed by atoms with Crippen LogP contribution in [0.4, 0.5) is 4.39 Å². The van der Waals surface area contributed by atoms with Gasteiger partial charge in [-0.3, -0.25) is 5.73 Å². The summed E-state index contributed by atoms with van der Waals surface area (Å²) in [6, 6.07) is 9.88. The van der Waals surface area contributed by atoms with E-state index in [0.29, 0.717) is 0 Å². The molecule has 0 bridgehead atoms. The average molecular weight is 189 g/mol. The van der Waals surface area contributed by atoms with E-state index in [2.05, 4.69) is 0 Å². The van der Waals surface area contributed by atoms with Crippen molar-refractivity contribution < 1.29 is 4.39 Å². The van der Waals surface area contributed by atoms with Gasteiger partial charge in [0.1, 0.15) is 0 Å². The average Bonchev–Trinajstić information content (AvgIpc) is 2.19. The molecule has 0 fully saturated rings. The molecule has 0 aliphatic heterocycles. The molecule has 1 nitrogen and oxygen atoms in total. The van der Waals surface area contributed by atoms with Gasteiger partial charge in [0.25, 0.3) is 0 Å². The zero-order chi connectivity index (χ0) is 10.0. The SMILES string of the molecule is NC1(F)C=CC(c2ccccc2)=CC1. The molecule has 14 heavy (non-hydrogen) atoms. The maximum Gasteiger partial charge on any atom is 0.181 e. The number of alkyl halides is 1. The largest absolute Gasteiger partial charge is 0.296 e. The fourth-order valence-electron chi connectivity index (χ4n) is 1.48. The van der Waals surface area contributed by atoms with Gasteiger partial charge in [-0.2, -0.15) is 0 Å². The van der Waals surface area contributed by atoms with Crippen LogP contribution >= 0.6 is 0 Å². The van der Waals surface area contributed by atoms with E-state index in [0.717, 1.165) is 11.1 Å². The predicted octanol–water partition coefficient (Wildman–Crippen LogP) is 2.65. The molecule has 1 aliphatic rings. The Labute approximate surface area is 82.7 Å². The Bertz CT molecular complexity index is 377. The molecular weight excluding hydrogens is 177 g/mol. The lowest BCUT2D eigenvalue weighted by Crippen LogP contribution is -2.32. The Balaban J connectivity index is 2.25. The first-order chi connectivity index (χ1) is 6.67. The summed E-state index contributed by atoms with van der Waals surface area (Å²) >= 11 is 0. The second-order valence-corrected chi connectivity index (χ2v) is 3.49. The molecule has 0 spiro atoms. The van der Waals surface area contributed by atoms with Gasteiger partial charge >= 0.3 is 0 Å². The van der Waals surface area contributed by atoms with E-state index in [-0.39, 0.29) is 6.42 Å².